The Morgan fingerprint density at radius 1 is 1.00 bits per heavy atom. The van der Waals surface area contributed by atoms with Crippen molar-refractivity contribution in [2.24, 2.45) is 0 Å². The van der Waals surface area contributed by atoms with Gasteiger partial charge in [-0.1, -0.05) is 0 Å². The summed E-state index contributed by atoms with van der Waals surface area (Å²) in [6.07, 6.45) is 0. The zero-order chi connectivity index (χ0) is 21.1. The molecule has 0 saturated heterocycles. The first-order valence-electron chi connectivity index (χ1n) is 8.82. The summed E-state index contributed by atoms with van der Waals surface area (Å²) >= 11 is 0. The minimum Gasteiger partial charge on any atom is -0.367 e. The van der Waals surface area contributed by atoms with Crippen molar-refractivity contribution in [3.8, 4) is 5.82 Å². The van der Waals surface area contributed by atoms with Crippen molar-refractivity contribution in [3.05, 3.63) is 64.2 Å². The van der Waals surface area contributed by atoms with Gasteiger partial charge in [-0.15, -0.1) is 10.2 Å². The molecule has 10 heteroatoms. The molecule has 0 bridgehead atoms. The lowest BCUT2D eigenvalue weighted by atomic mass is 10.2. The van der Waals surface area contributed by atoms with Gasteiger partial charge < -0.3 is 10.6 Å². The number of hydrogen-bond donors (Lipinski definition) is 2. The average molecular weight is 404 g/mol. The SMILES string of the molecule is Cc1nn(-c2ccc(NCCNC(=O)c3ccc(F)c(F)c3F)nn2)c(C)c1C. The fraction of sp³-hybridized carbons (Fsp3) is 0.263. The molecule has 29 heavy (non-hydrogen) atoms. The van der Waals surface area contributed by atoms with Crippen LogP contribution in [-0.4, -0.2) is 39.0 Å². The molecule has 0 fully saturated rings. The quantitative estimate of drug-likeness (QED) is 0.488. The third-order valence-corrected chi connectivity index (χ3v) is 4.52. The molecule has 3 aromatic rings. The van der Waals surface area contributed by atoms with Crippen LogP contribution in [-0.2, 0) is 0 Å². The molecule has 0 saturated carbocycles. The Hall–Kier alpha value is -3.43. The number of benzene rings is 1. The Labute approximate surface area is 165 Å². The zero-order valence-corrected chi connectivity index (χ0v) is 16.1. The van der Waals surface area contributed by atoms with Crippen molar-refractivity contribution in [2.75, 3.05) is 18.4 Å². The van der Waals surface area contributed by atoms with E-state index in [0.29, 0.717) is 17.7 Å². The summed E-state index contributed by atoms with van der Waals surface area (Å²) in [4.78, 5) is 11.9. The second-order valence-corrected chi connectivity index (χ2v) is 6.39. The topological polar surface area (TPSA) is 84.7 Å². The van der Waals surface area contributed by atoms with Gasteiger partial charge in [-0.25, -0.2) is 17.9 Å². The first kappa shape index (κ1) is 20.3. The number of anilines is 1. The summed E-state index contributed by atoms with van der Waals surface area (Å²) in [7, 11) is 0. The molecule has 0 aliphatic rings. The predicted octanol–water partition coefficient (Wildman–Crippen LogP) is 2.85. The van der Waals surface area contributed by atoms with E-state index in [4.69, 9.17) is 0 Å². The molecule has 0 aliphatic heterocycles. The highest BCUT2D eigenvalue weighted by atomic mass is 19.2. The Morgan fingerprint density at radius 3 is 2.38 bits per heavy atom. The maximum atomic E-state index is 13.6. The van der Waals surface area contributed by atoms with Gasteiger partial charge in [-0.3, -0.25) is 4.79 Å². The number of carbonyl (C=O) groups excluding carboxylic acids is 1. The Kier molecular flexibility index (Phi) is 5.81. The summed E-state index contributed by atoms with van der Waals surface area (Å²) in [6.45, 7) is 6.23. The first-order chi connectivity index (χ1) is 13.8. The van der Waals surface area contributed by atoms with Gasteiger partial charge >= 0.3 is 0 Å². The molecule has 0 radical (unpaired) electrons. The fourth-order valence-corrected chi connectivity index (χ4v) is 2.64. The highest BCUT2D eigenvalue weighted by molar-refractivity contribution is 5.94. The van der Waals surface area contributed by atoms with E-state index in [2.05, 4.69) is 25.9 Å². The predicted molar refractivity (Wildman–Crippen MR) is 101 cm³/mol. The van der Waals surface area contributed by atoms with Crippen LogP contribution in [0.25, 0.3) is 5.82 Å². The molecule has 1 amide bonds. The van der Waals surface area contributed by atoms with Crippen LogP contribution in [0.3, 0.4) is 0 Å². The number of halogens is 3. The normalized spacial score (nSPS) is 10.8. The summed E-state index contributed by atoms with van der Waals surface area (Å²) < 4.78 is 41.4. The Balaban J connectivity index is 1.54. The van der Waals surface area contributed by atoms with E-state index < -0.39 is 28.9 Å². The van der Waals surface area contributed by atoms with Crippen molar-refractivity contribution in [1.82, 2.24) is 25.3 Å². The number of aryl methyl sites for hydroxylation is 1. The maximum Gasteiger partial charge on any atom is 0.254 e. The second kappa shape index (κ2) is 8.29. The van der Waals surface area contributed by atoms with Crippen LogP contribution >= 0.6 is 0 Å². The molecule has 7 nitrogen and oxygen atoms in total. The van der Waals surface area contributed by atoms with Gasteiger partial charge in [0.05, 0.1) is 11.3 Å². The lowest BCUT2D eigenvalue weighted by Gasteiger charge is -2.09. The summed E-state index contributed by atoms with van der Waals surface area (Å²) in [6, 6.07) is 5.06. The number of carbonyl (C=O) groups is 1. The number of aromatic nitrogens is 4. The van der Waals surface area contributed by atoms with E-state index in [-0.39, 0.29) is 13.1 Å². The molecule has 152 valence electrons. The summed E-state index contributed by atoms with van der Waals surface area (Å²) in [5.74, 6) is -4.34. The van der Waals surface area contributed by atoms with E-state index in [1.165, 1.54) is 0 Å². The lowest BCUT2D eigenvalue weighted by Crippen LogP contribution is -2.30. The highest BCUT2D eigenvalue weighted by Crippen LogP contribution is 2.16. The molecule has 0 unspecified atom stereocenters. The minimum atomic E-state index is -1.68. The lowest BCUT2D eigenvalue weighted by molar-refractivity contribution is 0.0950. The van der Waals surface area contributed by atoms with Gasteiger partial charge in [0, 0.05) is 18.8 Å². The molecular weight excluding hydrogens is 385 g/mol. The number of rotatable bonds is 6. The maximum absolute atomic E-state index is 13.6. The van der Waals surface area contributed by atoms with E-state index in [9.17, 15) is 18.0 Å². The van der Waals surface area contributed by atoms with Gasteiger partial charge in [0.2, 0.25) is 0 Å². The van der Waals surface area contributed by atoms with Gasteiger partial charge in [0.15, 0.2) is 23.3 Å². The van der Waals surface area contributed by atoms with Crippen LogP contribution in [0.4, 0.5) is 19.0 Å². The second-order valence-electron chi connectivity index (χ2n) is 6.39. The van der Waals surface area contributed by atoms with Crippen molar-refractivity contribution in [3.63, 3.8) is 0 Å². The average Bonchev–Trinajstić information content (AvgIpc) is 2.97. The molecule has 1 aromatic carbocycles. The molecule has 2 heterocycles. The van der Waals surface area contributed by atoms with E-state index in [1.54, 1.807) is 16.8 Å². The third-order valence-electron chi connectivity index (χ3n) is 4.52. The number of nitrogens with zero attached hydrogens (tertiary/aromatic N) is 4. The van der Waals surface area contributed by atoms with Crippen molar-refractivity contribution >= 4 is 11.7 Å². The van der Waals surface area contributed by atoms with E-state index in [0.717, 1.165) is 23.0 Å². The summed E-state index contributed by atoms with van der Waals surface area (Å²) in [5, 5.41) is 18.0. The monoisotopic (exact) mass is 404 g/mol. The number of amides is 1. The number of hydrogen-bond acceptors (Lipinski definition) is 5. The van der Waals surface area contributed by atoms with Crippen molar-refractivity contribution in [2.45, 2.75) is 20.8 Å². The number of nitrogens with one attached hydrogen (secondary N) is 2. The third kappa shape index (κ3) is 4.20. The molecule has 2 N–H and O–H groups in total. The largest absolute Gasteiger partial charge is 0.367 e. The summed E-state index contributed by atoms with van der Waals surface area (Å²) in [5.41, 5.74) is 2.42. The van der Waals surface area contributed by atoms with E-state index >= 15 is 0 Å². The Morgan fingerprint density at radius 2 is 1.76 bits per heavy atom. The molecule has 3 rings (SSSR count). The van der Waals surface area contributed by atoms with Crippen LogP contribution < -0.4 is 10.6 Å². The Bertz CT molecular complexity index is 1050. The van der Waals surface area contributed by atoms with Crippen molar-refractivity contribution in [1.29, 1.82) is 0 Å². The van der Waals surface area contributed by atoms with Gasteiger partial charge in [0.25, 0.3) is 5.91 Å². The smallest absolute Gasteiger partial charge is 0.254 e. The molecular formula is C19H19F3N6O. The van der Waals surface area contributed by atoms with E-state index in [1.807, 2.05) is 20.8 Å². The van der Waals surface area contributed by atoms with Crippen LogP contribution in [0, 0.1) is 38.2 Å². The van der Waals surface area contributed by atoms with Crippen LogP contribution in [0.2, 0.25) is 0 Å². The zero-order valence-electron chi connectivity index (χ0n) is 16.1. The molecule has 0 atom stereocenters. The van der Waals surface area contributed by atoms with Crippen LogP contribution in [0.15, 0.2) is 24.3 Å². The standard InChI is InChI=1S/C19H19F3N6O/c1-10-11(2)27-28(12(10)3)16-7-6-15(25-26-16)23-8-9-24-19(29)13-4-5-14(20)18(22)17(13)21/h4-7H,8-9H2,1-3H3,(H,23,25)(H,24,29). The molecule has 0 aliphatic carbocycles. The minimum absolute atomic E-state index is 0.108. The van der Waals surface area contributed by atoms with Gasteiger partial charge in [-0.05, 0) is 50.6 Å². The van der Waals surface area contributed by atoms with Crippen molar-refractivity contribution < 1.29 is 18.0 Å². The van der Waals surface area contributed by atoms with Gasteiger partial charge in [0.1, 0.15) is 5.82 Å². The van der Waals surface area contributed by atoms with Gasteiger partial charge in [-0.2, -0.15) is 5.10 Å². The highest BCUT2D eigenvalue weighted by Gasteiger charge is 2.18. The molecule has 0 spiro atoms. The first-order valence-corrected chi connectivity index (χ1v) is 8.82. The van der Waals surface area contributed by atoms with Crippen LogP contribution in [0.5, 0.6) is 0 Å². The fourth-order valence-electron chi connectivity index (χ4n) is 2.64. The molecule has 2 aromatic heterocycles. The van der Waals surface area contributed by atoms with Crippen LogP contribution in [0.1, 0.15) is 27.3 Å².